The standard InChI is InChI=1S/C18H20N2O2.C17H19NO.C15H12N2O3S.C14H12N2O2.C11H16O.CH4/c1-18(2,3)14-8-9-17(21)16(11-14)19-12-13-6-5-7-15(10-13)20(4)22;1-17(2,3)14-9-10-16(19)15(11-14)18-12-13-7-5-4-6-8-13;1-19-11-5-3-2-4-10(11)12-7-6-9(20-12)8-13-14(18)17-15(16)21-13;1-16(18)12-6-4-5-11(9-12)10-15-13-7-2-3-8-14(13)17;1-8-7-9(11(2,3)4)5-6-10(8)12;/h5-12H,1-4H3;4-12,19H,1-3H3;2-8H,1H3,(H2,16,17,18);2-10H,1H3;5-7,12H,1-4H3;1H4/p+2/b;;13-8-;;;. The second kappa shape index (κ2) is 33.5. The van der Waals surface area contributed by atoms with Crippen LogP contribution in [0.25, 0.3) is 17.4 Å². The van der Waals surface area contributed by atoms with Gasteiger partial charge in [0.2, 0.25) is 0 Å². The molecule has 10 rings (SSSR count). The molecule has 0 unspecified atom stereocenters. The Morgan fingerprint density at radius 1 is 0.516 bits per heavy atom. The van der Waals surface area contributed by atoms with Crippen molar-refractivity contribution in [3.63, 3.8) is 0 Å². The van der Waals surface area contributed by atoms with Gasteiger partial charge in [0.25, 0.3) is 17.3 Å². The van der Waals surface area contributed by atoms with Crippen molar-refractivity contribution in [2.75, 3.05) is 21.2 Å². The molecule has 9 aromatic rings. The summed E-state index contributed by atoms with van der Waals surface area (Å²) in [5.41, 5.74) is 10.9. The summed E-state index contributed by atoms with van der Waals surface area (Å²) < 4.78 is 12.6. The third-order valence-electron chi connectivity index (χ3n) is 13.9. The van der Waals surface area contributed by atoms with Gasteiger partial charge in [0.1, 0.15) is 57.3 Å². The molecule has 0 radical (unpaired) electrons. The highest BCUT2D eigenvalue weighted by molar-refractivity contribution is 8.18. The number of amidine groups is 1. The quantitative estimate of drug-likeness (QED) is 0.0407. The number of phenolic OH excluding ortho intramolecular Hbond substituents is 4. The summed E-state index contributed by atoms with van der Waals surface area (Å²) in [6, 6.07) is 58.9. The van der Waals surface area contributed by atoms with Crippen molar-refractivity contribution < 1.29 is 43.9 Å². The van der Waals surface area contributed by atoms with E-state index in [9.17, 15) is 35.0 Å². The van der Waals surface area contributed by atoms with Gasteiger partial charge in [-0.15, -0.1) is 0 Å². The zero-order valence-corrected chi connectivity index (χ0v) is 55.1. The number of aryl methyl sites for hydroxylation is 1. The SMILES string of the molecule is C.CC(C)(C)c1ccc(O)c(N=Cc2ccccc2)c1.COc1ccccc1-c1ccc(/C=C2\SC(=N)NC2=O)o1.C[N+](=O)c1cccc(C=Nc2cc(C(C)(C)C)ccc2O)c1.C[N+](=O)c1cccc(C=Nc2ccccc2O)c1.Cc1cc(C(C)(C)C)ccc1O. The first-order chi connectivity index (χ1) is 43.5. The van der Waals surface area contributed by atoms with Crippen LogP contribution in [-0.4, -0.2) is 80.9 Å². The lowest BCUT2D eigenvalue weighted by atomic mass is 9.86. The molecule has 1 aliphatic heterocycles. The summed E-state index contributed by atoms with van der Waals surface area (Å²) in [5.74, 6) is 2.53. The minimum absolute atomic E-state index is 0. The molecule has 0 atom stereocenters. The normalized spacial score (nSPS) is 12.5. The number of nitrogens with one attached hydrogen (secondary N) is 2. The van der Waals surface area contributed by atoms with Gasteiger partial charge in [-0.3, -0.25) is 25.2 Å². The molecule has 482 valence electrons. The summed E-state index contributed by atoms with van der Waals surface area (Å²) in [6.45, 7) is 21.2. The third kappa shape index (κ3) is 22.7. The maximum absolute atomic E-state index is 11.6. The van der Waals surface area contributed by atoms with Gasteiger partial charge in [0, 0.05) is 68.3 Å². The number of aliphatic imine (C=N–C) groups is 3. The smallest absolute Gasteiger partial charge is 0.264 e. The third-order valence-corrected chi connectivity index (χ3v) is 14.7. The van der Waals surface area contributed by atoms with Crippen LogP contribution >= 0.6 is 11.8 Å². The number of benzene rings is 8. The maximum atomic E-state index is 11.6. The number of hydrogen-bond donors (Lipinski definition) is 6. The minimum Gasteiger partial charge on any atom is -0.508 e. The Labute approximate surface area is 550 Å². The molecule has 6 N–H and O–H groups in total. The molecule has 1 aliphatic rings. The number of carbonyl (C=O) groups excluding carboxylic acids is 1. The Morgan fingerprint density at radius 3 is 1.43 bits per heavy atom. The zero-order chi connectivity index (χ0) is 67.3. The number of methoxy groups -OCH3 is 1. The molecule has 1 amide bonds. The van der Waals surface area contributed by atoms with Crippen molar-refractivity contribution in [1.29, 1.82) is 5.41 Å². The monoisotopic (exact) mass is 1270 g/mol. The lowest BCUT2D eigenvalue weighted by Gasteiger charge is -2.19. The molecule has 0 saturated carbocycles. The van der Waals surface area contributed by atoms with Crippen molar-refractivity contribution in [1.82, 2.24) is 5.32 Å². The fraction of sp³-hybridized carbons (Fsp3) is 0.224. The number of furan rings is 1. The number of aromatic hydroxyl groups is 4. The fourth-order valence-electron chi connectivity index (χ4n) is 8.45. The van der Waals surface area contributed by atoms with E-state index in [2.05, 4.69) is 82.6 Å². The van der Waals surface area contributed by atoms with E-state index >= 15 is 0 Å². The molecule has 1 saturated heterocycles. The lowest BCUT2D eigenvalue weighted by molar-refractivity contribution is -0.428. The van der Waals surface area contributed by atoms with E-state index in [0.717, 1.165) is 66.0 Å². The molecular weight excluding hydrogens is 1190 g/mol. The Balaban J connectivity index is 0.000000213. The van der Waals surface area contributed by atoms with Gasteiger partial charge >= 0.3 is 0 Å². The van der Waals surface area contributed by atoms with Crippen LogP contribution in [0.2, 0.25) is 0 Å². The summed E-state index contributed by atoms with van der Waals surface area (Å²) in [6.07, 6.45) is 6.65. The first-order valence-electron chi connectivity index (χ1n) is 29.5. The topological polar surface area (TPSA) is 233 Å². The van der Waals surface area contributed by atoms with Gasteiger partial charge in [-0.05, 0) is 141 Å². The Kier molecular flexibility index (Phi) is 26.4. The Hall–Kier alpha value is -10.5. The van der Waals surface area contributed by atoms with E-state index in [-0.39, 0.29) is 52.0 Å². The van der Waals surface area contributed by atoms with Gasteiger partial charge in [0.05, 0.1) is 17.6 Å². The van der Waals surface area contributed by atoms with Crippen LogP contribution in [0.1, 0.15) is 114 Å². The first-order valence-corrected chi connectivity index (χ1v) is 30.3. The van der Waals surface area contributed by atoms with Crippen molar-refractivity contribution in [2.45, 2.75) is 92.9 Å². The number of para-hydroxylation sites is 3. The number of nitrogens with zero attached hydrogens (tertiary/aromatic N) is 5. The summed E-state index contributed by atoms with van der Waals surface area (Å²) >= 11 is 1.08. The second-order valence-corrected chi connectivity index (χ2v) is 25.4. The average Bonchev–Trinajstić information content (AvgIpc) is 1.93. The first kappa shape index (κ1) is 73.2. The number of amides is 1. The molecular formula is C76H85N7O9S+2. The number of thioether (sulfide) groups is 1. The van der Waals surface area contributed by atoms with Crippen molar-refractivity contribution in [3.8, 4) is 40.1 Å². The van der Waals surface area contributed by atoms with Gasteiger partial charge in [-0.1, -0.05) is 173 Å². The fourth-order valence-corrected chi connectivity index (χ4v) is 9.13. The van der Waals surface area contributed by atoms with Crippen LogP contribution in [0.5, 0.6) is 28.7 Å². The van der Waals surface area contributed by atoms with Crippen molar-refractivity contribution in [3.05, 3.63) is 254 Å². The lowest BCUT2D eigenvalue weighted by Crippen LogP contribution is -2.18. The van der Waals surface area contributed by atoms with Crippen LogP contribution in [-0.2, 0) is 21.0 Å². The average molecular weight is 1270 g/mol. The number of rotatable bonds is 11. The second-order valence-electron chi connectivity index (χ2n) is 24.3. The molecule has 16 nitrogen and oxygen atoms in total. The molecule has 93 heavy (non-hydrogen) atoms. The van der Waals surface area contributed by atoms with Crippen molar-refractivity contribution in [2.24, 2.45) is 15.0 Å². The van der Waals surface area contributed by atoms with Crippen LogP contribution in [0.15, 0.2) is 218 Å². The van der Waals surface area contributed by atoms with E-state index in [1.807, 2.05) is 116 Å². The largest absolute Gasteiger partial charge is 0.508 e. The number of ether oxygens (including phenoxy) is 1. The van der Waals surface area contributed by atoms with E-state index in [4.69, 9.17) is 14.6 Å². The molecule has 17 heteroatoms. The van der Waals surface area contributed by atoms with Crippen LogP contribution in [0.3, 0.4) is 0 Å². The van der Waals surface area contributed by atoms with E-state index < -0.39 is 0 Å². The molecule has 0 aliphatic carbocycles. The molecule has 0 bridgehead atoms. The molecule has 1 aromatic heterocycles. The van der Waals surface area contributed by atoms with Gasteiger partial charge in [-0.25, -0.2) is 0 Å². The van der Waals surface area contributed by atoms with Crippen LogP contribution in [0.4, 0.5) is 28.4 Å². The van der Waals surface area contributed by atoms with E-state index in [1.54, 1.807) is 117 Å². The number of carbonyl (C=O) groups is 1. The van der Waals surface area contributed by atoms with Crippen LogP contribution < -0.4 is 10.1 Å². The summed E-state index contributed by atoms with van der Waals surface area (Å²) in [4.78, 5) is 47.4. The Morgan fingerprint density at radius 2 is 0.957 bits per heavy atom. The Bertz CT molecular complexity index is 4170. The van der Waals surface area contributed by atoms with Crippen molar-refractivity contribution >= 4 is 76.0 Å². The van der Waals surface area contributed by atoms with Gasteiger partial charge in [0.15, 0.2) is 19.3 Å². The molecule has 2 heterocycles. The van der Waals surface area contributed by atoms with E-state index in [0.29, 0.717) is 50.6 Å². The maximum Gasteiger partial charge on any atom is 0.264 e. The number of hydrogen-bond acceptors (Lipinski definition) is 14. The number of phenols is 4. The highest BCUT2D eigenvalue weighted by atomic mass is 32.2. The van der Waals surface area contributed by atoms with E-state index in [1.165, 1.54) is 19.7 Å². The van der Waals surface area contributed by atoms with Gasteiger partial charge < -0.3 is 34.9 Å². The zero-order valence-electron chi connectivity index (χ0n) is 54.3. The minimum atomic E-state index is -0.278. The highest BCUT2D eigenvalue weighted by Gasteiger charge is 2.23. The molecule has 8 aromatic carbocycles. The molecule has 0 spiro atoms. The number of nitroso groups, excluding NO2 is 2. The molecule has 1 fully saturated rings. The van der Waals surface area contributed by atoms with Gasteiger partial charge in [-0.2, -0.15) is 0 Å². The van der Waals surface area contributed by atoms with Crippen LogP contribution in [0, 0.1) is 22.1 Å². The predicted octanol–water partition coefficient (Wildman–Crippen LogP) is 18.8. The highest BCUT2D eigenvalue weighted by Crippen LogP contribution is 2.36. The summed E-state index contributed by atoms with van der Waals surface area (Å²) in [5, 5.41) is 48.6. The predicted molar refractivity (Wildman–Crippen MR) is 382 cm³/mol. The summed E-state index contributed by atoms with van der Waals surface area (Å²) in [7, 11) is 4.50.